The van der Waals surface area contributed by atoms with Gasteiger partial charge in [-0.05, 0) is 26.0 Å². The number of rotatable bonds is 6. The van der Waals surface area contributed by atoms with Gasteiger partial charge in [0.25, 0.3) is 0 Å². The van der Waals surface area contributed by atoms with Gasteiger partial charge < -0.3 is 19.6 Å². The molecule has 26 heavy (non-hydrogen) atoms. The molecule has 6 heteroatoms. The van der Waals surface area contributed by atoms with E-state index < -0.39 is 0 Å². The second-order valence-electron chi connectivity index (χ2n) is 6.67. The van der Waals surface area contributed by atoms with E-state index in [1.807, 2.05) is 26.0 Å². The highest BCUT2D eigenvalue weighted by Gasteiger charge is 2.26. The van der Waals surface area contributed by atoms with E-state index in [2.05, 4.69) is 40.9 Å². The van der Waals surface area contributed by atoms with Crippen molar-refractivity contribution in [3.63, 3.8) is 0 Å². The van der Waals surface area contributed by atoms with E-state index in [1.165, 1.54) is 5.69 Å². The van der Waals surface area contributed by atoms with E-state index in [1.54, 1.807) is 0 Å². The van der Waals surface area contributed by atoms with Crippen molar-refractivity contribution in [1.82, 2.24) is 4.90 Å². The van der Waals surface area contributed by atoms with Crippen molar-refractivity contribution in [3.8, 4) is 5.75 Å². The van der Waals surface area contributed by atoms with Crippen LogP contribution in [0.25, 0.3) is 0 Å². The topological polar surface area (TPSA) is 57.5 Å². The Morgan fingerprint density at radius 1 is 1.19 bits per heavy atom. The van der Waals surface area contributed by atoms with Crippen LogP contribution < -0.4 is 9.64 Å². The first-order valence-electron chi connectivity index (χ1n) is 9.71. The molecule has 0 aromatic heterocycles. The molecule has 1 atom stereocenters. The van der Waals surface area contributed by atoms with E-state index >= 15 is 0 Å². The first-order valence-corrected chi connectivity index (χ1v) is 9.71. The van der Waals surface area contributed by atoms with Crippen LogP contribution in [0.5, 0.6) is 5.75 Å². The van der Waals surface area contributed by atoms with Crippen LogP contribution in [-0.2, 0) is 4.84 Å². The Kier molecular flexibility index (Phi) is 8.19. The van der Waals surface area contributed by atoms with Crippen LogP contribution in [0.3, 0.4) is 0 Å². The van der Waals surface area contributed by atoms with Gasteiger partial charge in [0.15, 0.2) is 0 Å². The van der Waals surface area contributed by atoms with Crippen molar-refractivity contribution in [3.05, 3.63) is 24.3 Å². The van der Waals surface area contributed by atoms with Crippen molar-refractivity contribution in [1.29, 1.82) is 0 Å². The van der Waals surface area contributed by atoms with Crippen molar-refractivity contribution in [2.45, 2.75) is 46.3 Å². The van der Waals surface area contributed by atoms with Crippen LogP contribution in [0, 0.1) is 0 Å². The molecular formula is C20H33N3O3. The lowest BCUT2D eigenvalue weighted by Gasteiger charge is -2.37. The van der Waals surface area contributed by atoms with E-state index in [4.69, 9.17) is 14.7 Å². The number of piperazine rings is 1. The average molecular weight is 364 g/mol. The van der Waals surface area contributed by atoms with Crippen molar-refractivity contribution < 1.29 is 14.7 Å². The minimum atomic E-state index is -0.00306. The molecule has 6 nitrogen and oxygen atoms in total. The first-order chi connectivity index (χ1) is 12.7. The summed E-state index contributed by atoms with van der Waals surface area (Å²) in [5.74, 6) is 0.959. The molecule has 0 spiro atoms. The summed E-state index contributed by atoms with van der Waals surface area (Å²) in [5, 5.41) is 13.0. The van der Waals surface area contributed by atoms with E-state index in [0.717, 1.165) is 50.6 Å². The maximum absolute atomic E-state index is 9.10. The highest BCUT2D eigenvalue weighted by molar-refractivity contribution is 5.86. The predicted molar refractivity (Wildman–Crippen MR) is 106 cm³/mol. The maximum Gasteiger partial charge on any atom is 0.145 e. The molecule has 0 aliphatic carbocycles. The second-order valence-corrected chi connectivity index (χ2v) is 6.67. The van der Waals surface area contributed by atoms with Crippen molar-refractivity contribution in [2.75, 3.05) is 44.2 Å². The average Bonchev–Trinajstić information content (AvgIpc) is 3.12. The molecule has 1 fully saturated rings. The van der Waals surface area contributed by atoms with Gasteiger partial charge in [-0.25, -0.2) is 0 Å². The monoisotopic (exact) mass is 363 g/mol. The van der Waals surface area contributed by atoms with Crippen molar-refractivity contribution >= 4 is 11.4 Å². The van der Waals surface area contributed by atoms with Crippen LogP contribution in [-0.4, -0.2) is 67.3 Å². The molecule has 2 aliphatic rings. The zero-order valence-corrected chi connectivity index (χ0v) is 16.5. The highest BCUT2D eigenvalue weighted by Crippen LogP contribution is 2.29. The number of ether oxygens (including phenoxy) is 1. The maximum atomic E-state index is 9.10. The molecule has 1 aromatic rings. The van der Waals surface area contributed by atoms with Gasteiger partial charge in [-0.3, -0.25) is 4.90 Å². The fraction of sp³-hybridized carbons (Fsp3) is 0.650. The summed E-state index contributed by atoms with van der Waals surface area (Å²) in [7, 11) is 0. The predicted octanol–water partition coefficient (Wildman–Crippen LogP) is 2.76. The van der Waals surface area contributed by atoms with E-state index in [0.29, 0.717) is 0 Å². The third kappa shape index (κ3) is 5.61. The Bertz CT molecular complexity index is 569. The summed E-state index contributed by atoms with van der Waals surface area (Å²) in [6.45, 7) is 12.9. The number of anilines is 1. The van der Waals surface area contributed by atoms with Crippen LogP contribution >= 0.6 is 0 Å². The van der Waals surface area contributed by atoms with Gasteiger partial charge in [0.05, 0.1) is 24.1 Å². The zero-order chi connectivity index (χ0) is 18.9. The third-order valence-electron chi connectivity index (χ3n) is 4.38. The Balaban J connectivity index is 0.00000117. The van der Waals surface area contributed by atoms with Gasteiger partial charge in [0, 0.05) is 39.1 Å². The zero-order valence-electron chi connectivity index (χ0n) is 16.5. The minimum absolute atomic E-state index is 0.00306. The fourth-order valence-corrected chi connectivity index (χ4v) is 3.21. The molecule has 1 aromatic carbocycles. The summed E-state index contributed by atoms with van der Waals surface area (Å²) < 4.78 is 5.94. The number of oxime groups is 1. The second kappa shape index (κ2) is 10.4. The normalized spacial score (nSPS) is 20.3. The summed E-state index contributed by atoms with van der Waals surface area (Å²) in [5.41, 5.74) is 1.92. The van der Waals surface area contributed by atoms with Crippen LogP contribution in [0.15, 0.2) is 29.4 Å². The molecular weight excluding hydrogens is 330 g/mol. The molecule has 2 aliphatic heterocycles. The van der Waals surface area contributed by atoms with Crippen LogP contribution in [0.2, 0.25) is 0 Å². The Morgan fingerprint density at radius 2 is 1.88 bits per heavy atom. The molecule has 3 rings (SSSR count). The number of hydrogen-bond donors (Lipinski definition) is 1. The Morgan fingerprint density at radius 3 is 2.50 bits per heavy atom. The van der Waals surface area contributed by atoms with Gasteiger partial charge in [-0.1, -0.05) is 31.1 Å². The molecule has 146 valence electrons. The molecule has 2 heterocycles. The molecule has 0 saturated carbocycles. The summed E-state index contributed by atoms with van der Waals surface area (Å²) in [6, 6.07) is 8.26. The molecule has 1 saturated heterocycles. The van der Waals surface area contributed by atoms with Gasteiger partial charge in [-0.2, -0.15) is 0 Å². The third-order valence-corrected chi connectivity index (χ3v) is 4.38. The van der Waals surface area contributed by atoms with Gasteiger partial charge >= 0.3 is 0 Å². The lowest BCUT2D eigenvalue weighted by atomic mass is 10.1. The quantitative estimate of drug-likeness (QED) is 0.842. The SMILES string of the molecule is CC.CC(C)Oc1ccccc1N1CCN(CC2CC(CO)=NO2)CC1. The number of para-hydroxylation sites is 2. The number of nitrogens with zero attached hydrogens (tertiary/aromatic N) is 3. The Hall–Kier alpha value is -1.79. The van der Waals surface area contributed by atoms with Crippen molar-refractivity contribution in [2.24, 2.45) is 5.16 Å². The van der Waals surface area contributed by atoms with Gasteiger partial charge in [0.1, 0.15) is 11.9 Å². The number of aliphatic hydroxyl groups excluding tert-OH is 1. The summed E-state index contributed by atoms with van der Waals surface area (Å²) >= 11 is 0. The fourth-order valence-electron chi connectivity index (χ4n) is 3.21. The summed E-state index contributed by atoms with van der Waals surface area (Å²) in [6.07, 6.45) is 0.991. The van der Waals surface area contributed by atoms with Crippen LogP contribution in [0.4, 0.5) is 5.69 Å². The van der Waals surface area contributed by atoms with E-state index in [9.17, 15) is 0 Å². The van der Waals surface area contributed by atoms with Crippen LogP contribution in [0.1, 0.15) is 34.1 Å². The number of hydrogen-bond acceptors (Lipinski definition) is 6. The molecule has 0 bridgehead atoms. The summed E-state index contributed by atoms with van der Waals surface area (Å²) in [4.78, 5) is 10.2. The molecule has 0 amide bonds. The molecule has 0 radical (unpaired) electrons. The lowest BCUT2D eigenvalue weighted by molar-refractivity contribution is 0.0509. The largest absolute Gasteiger partial charge is 0.489 e. The lowest BCUT2D eigenvalue weighted by Crippen LogP contribution is -2.48. The smallest absolute Gasteiger partial charge is 0.145 e. The highest BCUT2D eigenvalue weighted by atomic mass is 16.6. The standard InChI is InChI=1S/C18H27N3O3.C2H6/c1-14(2)23-18-6-4-3-5-17(18)21-9-7-20(8-10-21)12-16-11-15(13-22)19-24-16;1-2/h3-6,14,16,22H,7-13H2,1-2H3;1-2H3. The molecule has 1 N–H and O–H groups in total. The minimum Gasteiger partial charge on any atom is -0.489 e. The first kappa shape index (κ1) is 20.5. The molecule has 1 unspecified atom stereocenters. The number of aliphatic hydroxyl groups is 1. The Labute approximate surface area is 157 Å². The van der Waals surface area contributed by atoms with Gasteiger partial charge in [-0.15, -0.1) is 0 Å². The van der Waals surface area contributed by atoms with E-state index in [-0.39, 0.29) is 18.8 Å². The number of benzene rings is 1. The van der Waals surface area contributed by atoms with Gasteiger partial charge in [0.2, 0.25) is 0 Å².